The molecule has 2 N–H and O–H groups in total. The summed E-state index contributed by atoms with van der Waals surface area (Å²) in [6.07, 6.45) is 3.68. The van der Waals surface area contributed by atoms with Gasteiger partial charge in [-0.15, -0.1) is 0 Å². The zero-order chi connectivity index (χ0) is 19.3. The highest BCUT2D eigenvalue weighted by Gasteiger charge is 2.35. The summed E-state index contributed by atoms with van der Waals surface area (Å²) in [6, 6.07) is 19.6. The van der Waals surface area contributed by atoms with Crippen LogP contribution in [0, 0.1) is 5.92 Å². The Labute approximate surface area is 166 Å². The highest BCUT2D eigenvalue weighted by atomic mass is 16.2. The van der Waals surface area contributed by atoms with Gasteiger partial charge in [0.2, 0.25) is 11.8 Å². The van der Waals surface area contributed by atoms with Gasteiger partial charge in [0, 0.05) is 17.6 Å². The van der Waals surface area contributed by atoms with E-state index in [0.29, 0.717) is 6.04 Å². The molecule has 1 saturated carbocycles. The fourth-order valence-corrected chi connectivity index (χ4v) is 3.86. The molecule has 4 rings (SSSR count). The van der Waals surface area contributed by atoms with Crippen LogP contribution in [0.5, 0.6) is 0 Å². The molecule has 146 valence electrons. The van der Waals surface area contributed by atoms with Crippen molar-refractivity contribution in [2.75, 3.05) is 18.4 Å². The third-order valence-corrected chi connectivity index (χ3v) is 5.59. The normalized spacial score (nSPS) is 19.0. The van der Waals surface area contributed by atoms with Crippen LogP contribution >= 0.6 is 0 Å². The topological polar surface area (TPSA) is 61.4 Å². The van der Waals surface area contributed by atoms with Crippen LogP contribution in [0.25, 0.3) is 0 Å². The highest BCUT2D eigenvalue weighted by Crippen LogP contribution is 2.29. The minimum atomic E-state index is -0.278. The van der Waals surface area contributed by atoms with E-state index in [9.17, 15) is 9.59 Å². The molecule has 2 aromatic rings. The van der Waals surface area contributed by atoms with Crippen molar-refractivity contribution in [3.63, 3.8) is 0 Å². The molecule has 0 spiro atoms. The first-order valence-corrected chi connectivity index (χ1v) is 10.2. The predicted octanol–water partition coefficient (Wildman–Crippen LogP) is 3.36. The van der Waals surface area contributed by atoms with E-state index in [1.807, 2.05) is 60.7 Å². The first-order chi connectivity index (χ1) is 13.7. The van der Waals surface area contributed by atoms with Crippen molar-refractivity contribution in [1.82, 2.24) is 10.2 Å². The zero-order valence-electron chi connectivity index (χ0n) is 16.0. The minimum absolute atomic E-state index is 0.0145. The molecule has 1 aliphatic carbocycles. The maximum Gasteiger partial charge on any atom is 0.242 e. The van der Waals surface area contributed by atoms with E-state index in [4.69, 9.17) is 0 Å². The van der Waals surface area contributed by atoms with E-state index < -0.39 is 0 Å². The molecule has 2 aliphatic rings. The molecule has 1 atom stereocenters. The van der Waals surface area contributed by atoms with E-state index in [1.165, 1.54) is 0 Å². The number of carbonyl (C=O) groups excluding carboxylic acids is 2. The molecular weight excluding hydrogens is 350 g/mol. The van der Waals surface area contributed by atoms with E-state index in [-0.39, 0.29) is 23.8 Å². The number of carbonyl (C=O) groups is 2. The van der Waals surface area contributed by atoms with Crippen molar-refractivity contribution in [3.05, 3.63) is 66.2 Å². The molecule has 5 heteroatoms. The van der Waals surface area contributed by atoms with Crippen molar-refractivity contribution in [1.29, 1.82) is 0 Å². The van der Waals surface area contributed by atoms with Gasteiger partial charge in [-0.1, -0.05) is 48.5 Å². The Hall–Kier alpha value is -2.66. The van der Waals surface area contributed by atoms with Crippen molar-refractivity contribution in [2.45, 2.75) is 37.8 Å². The fraction of sp³-hybridized carbons (Fsp3) is 0.391. The van der Waals surface area contributed by atoms with Crippen LogP contribution in [-0.4, -0.2) is 35.8 Å². The highest BCUT2D eigenvalue weighted by molar-refractivity contribution is 5.92. The SMILES string of the molecule is O=C(Nc1ccccc1)C1CCN([C@H](C(=O)NC2CC2)c2ccccc2)CC1. The lowest BCUT2D eigenvalue weighted by atomic mass is 9.93. The first kappa shape index (κ1) is 18.7. The number of benzene rings is 2. The lowest BCUT2D eigenvalue weighted by Gasteiger charge is -2.36. The van der Waals surface area contributed by atoms with E-state index in [0.717, 1.165) is 50.0 Å². The smallest absolute Gasteiger partial charge is 0.242 e. The van der Waals surface area contributed by atoms with Crippen molar-refractivity contribution < 1.29 is 9.59 Å². The van der Waals surface area contributed by atoms with Gasteiger partial charge in [-0.2, -0.15) is 0 Å². The monoisotopic (exact) mass is 377 g/mol. The number of nitrogens with zero attached hydrogens (tertiary/aromatic N) is 1. The Kier molecular flexibility index (Phi) is 5.72. The van der Waals surface area contributed by atoms with Crippen LogP contribution < -0.4 is 10.6 Å². The molecule has 0 unspecified atom stereocenters. The Morgan fingerprint density at radius 1 is 0.857 bits per heavy atom. The molecule has 2 aromatic carbocycles. The van der Waals surface area contributed by atoms with Crippen molar-refractivity contribution in [3.8, 4) is 0 Å². The van der Waals surface area contributed by atoms with Gasteiger partial charge in [0.1, 0.15) is 6.04 Å². The van der Waals surface area contributed by atoms with Gasteiger partial charge in [0.05, 0.1) is 0 Å². The summed E-state index contributed by atoms with van der Waals surface area (Å²) in [4.78, 5) is 27.7. The summed E-state index contributed by atoms with van der Waals surface area (Å²) in [5.74, 6) is 0.143. The van der Waals surface area contributed by atoms with Crippen LogP contribution in [0.1, 0.15) is 37.3 Å². The number of hydrogen-bond donors (Lipinski definition) is 2. The Morgan fingerprint density at radius 2 is 1.46 bits per heavy atom. The summed E-state index contributed by atoms with van der Waals surface area (Å²) >= 11 is 0. The number of nitrogens with one attached hydrogen (secondary N) is 2. The molecule has 2 amide bonds. The number of amides is 2. The zero-order valence-corrected chi connectivity index (χ0v) is 16.0. The predicted molar refractivity (Wildman–Crippen MR) is 110 cm³/mol. The van der Waals surface area contributed by atoms with Crippen molar-refractivity contribution >= 4 is 17.5 Å². The molecule has 2 fully saturated rings. The van der Waals surface area contributed by atoms with Gasteiger partial charge in [-0.3, -0.25) is 14.5 Å². The molecule has 5 nitrogen and oxygen atoms in total. The summed E-state index contributed by atoms with van der Waals surface area (Å²) in [5.41, 5.74) is 1.86. The Bertz CT molecular complexity index is 797. The molecule has 1 heterocycles. The molecule has 0 aromatic heterocycles. The Morgan fingerprint density at radius 3 is 2.07 bits per heavy atom. The summed E-state index contributed by atoms with van der Waals surface area (Å²) < 4.78 is 0. The third-order valence-electron chi connectivity index (χ3n) is 5.59. The second kappa shape index (κ2) is 8.57. The number of rotatable bonds is 6. The van der Waals surface area contributed by atoms with E-state index in [2.05, 4.69) is 15.5 Å². The van der Waals surface area contributed by atoms with Gasteiger partial charge < -0.3 is 10.6 Å². The maximum absolute atomic E-state index is 12.9. The molecule has 0 radical (unpaired) electrons. The molecule has 28 heavy (non-hydrogen) atoms. The lowest BCUT2D eigenvalue weighted by Crippen LogP contribution is -2.46. The van der Waals surface area contributed by atoms with Crippen LogP contribution in [0.4, 0.5) is 5.69 Å². The molecule has 1 saturated heterocycles. The fourth-order valence-electron chi connectivity index (χ4n) is 3.86. The largest absolute Gasteiger partial charge is 0.352 e. The van der Waals surface area contributed by atoms with Gasteiger partial charge in [0.15, 0.2) is 0 Å². The number of anilines is 1. The number of likely N-dealkylation sites (tertiary alicyclic amines) is 1. The quantitative estimate of drug-likeness (QED) is 0.811. The third kappa shape index (κ3) is 4.60. The standard InChI is InChI=1S/C23H27N3O2/c27-22(24-19-9-5-2-6-10-19)18-13-15-26(16-14-18)21(17-7-3-1-4-8-17)23(28)25-20-11-12-20/h1-10,18,20-21H,11-16H2,(H,24,27)(H,25,28)/t21-/m0/s1. The maximum atomic E-state index is 12.9. The summed E-state index contributed by atoms with van der Waals surface area (Å²) in [7, 11) is 0. The average Bonchev–Trinajstić information content (AvgIpc) is 3.54. The van der Waals surface area contributed by atoms with E-state index >= 15 is 0 Å². The van der Waals surface area contributed by atoms with Crippen LogP contribution in [0.3, 0.4) is 0 Å². The molecule has 1 aliphatic heterocycles. The van der Waals surface area contributed by atoms with E-state index in [1.54, 1.807) is 0 Å². The van der Waals surface area contributed by atoms with Crippen LogP contribution in [0.2, 0.25) is 0 Å². The lowest BCUT2D eigenvalue weighted by molar-refractivity contribution is -0.128. The van der Waals surface area contributed by atoms with Gasteiger partial charge in [0.25, 0.3) is 0 Å². The van der Waals surface area contributed by atoms with Gasteiger partial charge >= 0.3 is 0 Å². The summed E-state index contributed by atoms with van der Waals surface area (Å²) in [5, 5.41) is 6.16. The van der Waals surface area contributed by atoms with Gasteiger partial charge in [-0.05, 0) is 56.5 Å². The van der Waals surface area contributed by atoms with Gasteiger partial charge in [-0.25, -0.2) is 0 Å². The van der Waals surface area contributed by atoms with Crippen LogP contribution in [0.15, 0.2) is 60.7 Å². The number of para-hydroxylation sites is 1. The summed E-state index contributed by atoms with van der Waals surface area (Å²) in [6.45, 7) is 1.48. The first-order valence-electron chi connectivity index (χ1n) is 10.2. The average molecular weight is 377 g/mol. The second-order valence-electron chi connectivity index (χ2n) is 7.76. The van der Waals surface area contributed by atoms with Crippen molar-refractivity contribution in [2.24, 2.45) is 5.92 Å². The number of piperidine rings is 1. The Balaban J connectivity index is 1.39. The molecule has 0 bridgehead atoms. The number of hydrogen-bond acceptors (Lipinski definition) is 3. The molecular formula is C23H27N3O2. The van der Waals surface area contributed by atoms with Crippen LogP contribution in [-0.2, 0) is 9.59 Å². The minimum Gasteiger partial charge on any atom is -0.352 e. The second-order valence-corrected chi connectivity index (χ2v) is 7.76.